The highest BCUT2D eigenvalue weighted by molar-refractivity contribution is 7.80. The van der Waals surface area contributed by atoms with Crippen molar-refractivity contribution in [2.75, 3.05) is 11.9 Å². The van der Waals surface area contributed by atoms with Gasteiger partial charge in [0.15, 0.2) is 10.1 Å². The minimum Gasteiger partial charge on any atom is -0.494 e. The fraction of sp³-hybridized carbons (Fsp3) is 0.348. The first kappa shape index (κ1) is 23.8. The van der Waals surface area contributed by atoms with Crippen LogP contribution < -0.4 is 25.3 Å². The van der Waals surface area contributed by atoms with E-state index in [1.807, 2.05) is 24.3 Å². The van der Waals surface area contributed by atoms with E-state index in [1.54, 1.807) is 12.2 Å². The highest BCUT2D eigenvalue weighted by atomic mass is 32.1. The quantitative estimate of drug-likeness (QED) is 0.398. The van der Waals surface area contributed by atoms with Crippen molar-refractivity contribution in [3.05, 3.63) is 51.8 Å². The molecular weight excluding hydrogens is 414 g/mol. The van der Waals surface area contributed by atoms with Crippen LogP contribution in [0.25, 0.3) is 12.7 Å². The highest BCUT2D eigenvalue weighted by Crippen LogP contribution is 2.16. The molecule has 1 aromatic carbocycles. The van der Waals surface area contributed by atoms with Gasteiger partial charge in [-0.25, -0.2) is 4.98 Å². The lowest BCUT2D eigenvalue weighted by Gasteiger charge is -2.10. The largest absolute Gasteiger partial charge is 0.494 e. The standard InChI is InChI=1S/C23H29N3O2S2/c1-4-6-7-8-9-10-16-28-19-14-12-18(13-15-19)24-23(29)26-21(27)22-25-20(11-5-2)17(3)30-22/h5,11-15H,2-4,6-10,16H2,1H3,(H2,24,26,27,29)/b20-11+. The van der Waals surface area contributed by atoms with Crippen LogP contribution in [0.3, 0.4) is 0 Å². The summed E-state index contributed by atoms with van der Waals surface area (Å²) in [6, 6.07) is 7.50. The van der Waals surface area contributed by atoms with Gasteiger partial charge < -0.3 is 10.1 Å². The highest BCUT2D eigenvalue weighted by Gasteiger charge is 2.12. The first-order valence-electron chi connectivity index (χ1n) is 10.2. The van der Waals surface area contributed by atoms with E-state index in [0.717, 1.165) is 24.5 Å². The number of carbonyl (C=O) groups excluding carboxylic acids is 1. The Morgan fingerprint density at radius 2 is 1.90 bits per heavy atom. The van der Waals surface area contributed by atoms with Gasteiger partial charge in [-0.3, -0.25) is 10.1 Å². The molecule has 0 spiro atoms. The molecule has 0 radical (unpaired) electrons. The van der Waals surface area contributed by atoms with E-state index in [2.05, 4.69) is 35.7 Å². The van der Waals surface area contributed by atoms with Crippen LogP contribution in [0.4, 0.5) is 5.69 Å². The molecule has 0 aliphatic rings. The van der Waals surface area contributed by atoms with Gasteiger partial charge in [-0.15, -0.1) is 11.3 Å². The summed E-state index contributed by atoms with van der Waals surface area (Å²) in [5, 5.41) is 6.77. The van der Waals surface area contributed by atoms with Crippen molar-refractivity contribution in [3.8, 4) is 5.75 Å². The number of hydrogen-bond donors (Lipinski definition) is 2. The normalized spacial score (nSPS) is 11.2. The van der Waals surface area contributed by atoms with Gasteiger partial charge in [-0.2, -0.15) is 0 Å². The molecule has 0 unspecified atom stereocenters. The zero-order chi connectivity index (χ0) is 21.8. The lowest BCUT2D eigenvalue weighted by Crippen LogP contribution is -2.34. The Kier molecular flexibility index (Phi) is 10.2. The van der Waals surface area contributed by atoms with Crippen LogP contribution in [0.5, 0.6) is 5.75 Å². The van der Waals surface area contributed by atoms with Crippen LogP contribution in [0.15, 0.2) is 36.9 Å². The Morgan fingerprint density at radius 1 is 1.20 bits per heavy atom. The van der Waals surface area contributed by atoms with E-state index in [0.29, 0.717) is 14.9 Å². The second kappa shape index (κ2) is 12.9. The fourth-order valence-corrected chi connectivity index (χ4v) is 3.68. The summed E-state index contributed by atoms with van der Waals surface area (Å²) in [6.07, 6.45) is 10.7. The first-order valence-corrected chi connectivity index (χ1v) is 11.4. The number of allylic oxidation sites excluding steroid dienone is 1. The molecule has 30 heavy (non-hydrogen) atoms. The van der Waals surface area contributed by atoms with Gasteiger partial charge in [0.1, 0.15) is 5.75 Å². The maximum absolute atomic E-state index is 12.3. The molecule has 1 heterocycles. The Balaban J connectivity index is 1.77. The molecule has 2 N–H and O–H groups in total. The van der Waals surface area contributed by atoms with Gasteiger partial charge in [0.2, 0.25) is 0 Å². The Hall–Kier alpha value is -2.51. The van der Waals surface area contributed by atoms with E-state index in [9.17, 15) is 4.79 Å². The zero-order valence-corrected chi connectivity index (χ0v) is 19.0. The second-order valence-electron chi connectivity index (χ2n) is 6.78. The van der Waals surface area contributed by atoms with Crippen molar-refractivity contribution < 1.29 is 9.53 Å². The van der Waals surface area contributed by atoms with Crippen LogP contribution in [0, 0.1) is 0 Å². The van der Waals surface area contributed by atoms with E-state index in [4.69, 9.17) is 17.0 Å². The Labute approximate surface area is 187 Å². The van der Waals surface area contributed by atoms with Crippen molar-refractivity contribution >= 4 is 52.9 Å². The van der Waals surface area contributed by atoms with Crippen LogP contribution >= 0.6 is 23.6 Å². The second-order valence-corrected chi connectivity index (χ2v) is 8.27. The van der Waals surface area contributed by atoms with Crippen LogP contribution in [-0.4, -0.2) is 22.6 Å². The maximum atomic E-state index is 12.3. The number of hydrogen-bond acceptors (Lipinski definition) is 5. The predicted molar refractivity (Wildman–Crippen MR) is 131 cm³/mol. The minimum absolute atomic E-state index is 0.204. The van der Waals surface area contributed by atoms with E-state index in [-0.39, 0.29) is 11.0 Å². The number of amides is 1. The molecule has 2 aromatic rings. The lowest BCUT2D eigenvalue weighted by molar-refractivity contribution is 0.0977. The number of thiazole rings is 1. The molecule has 0 saturated heterocycles. The molecule has 0 aliphatic heterocycles. The molecule has 0 saturated carbocycles. The van der Waals surface area contributed by atoms with Gasteiger partial charge >= 0.3 is 0 Å². The summed E-state index contributed by atoms with van der Waals surface area (Å²) in [4.78, 5) is 16.6. The van der Waals surface area contributed by atoms with Crippen LogP contribution in [-0.2, 0) is 0 Å². The summed E-state index contributed by atoms with van der Waals surface area (Å²) in [5.74, 6) is 0.450. The van der Waals surface area contributed by atoms with Crippen LogP contribution in [0.2, 0.25) is 0 Å². The SMILES string of the molecule is C=C/C=c1/nc(C(=O)NC(=S)Nc2ccc(OCCCCCCCC)cc2)sc1=C. The molecular formula is C23H29N3O2S2. The molecule has 0 bridgehead atoms. The molecule has 1 amide bonds. The summed E-state index contributed by atoms with van der Waals surface area (Å²) in [5.41, 5.74) is 0.768. The zero-order valence-electron chi connectivity index (χ0n) is 17.4. The molecule has 2 rings (SSSR count). The van der Waals surface area contributed by atoms with Gasteiger partial charge in [-0.1, -0.05) is 58.3 Å². The van der Waals surface area contributed by atoms with Gasteiger partial charge in [-0.05, 0) is 49.0 Å². The molecule has 1 aromatic heterocycles. The van der Waals surface area contributed by atoms with Crippen molar-refractivity contribution in [3.63, 3.8) is 0 Å². The van der Waals surface area contributed by atoms with Crippen molar-refractivity contribution in [1.82, 2.24) is 10.3 Å². The van der Waals surface area contributed by atoms with Crippen LogP contribution in [0.1, 0.15) is 55.3 Å². The van der Waals surface area contributed by atoms with Gasteiger partial charge in [0.05, 0.1) is 12.0 Å². The summed E-state index contributed by atoms with van der Waals surface area (Å²) in [6.45, 7) is 10.5. The Bertz CT molecular complexity index is 952. The topological polar surface area (TPSA) is 63.2 Å². The van der Waals surface area contributed by atoms with Crippen molar-refractivity contribution in [2.45, 2.75) is 45.4 Å². The minimum atomic E-state index is -0.370. The smallest absolute Gasteiger partial charge is 0.286 e. The summed E-state index contributed by atoms with van der Waals surface area (Å²) >= 11 is 6.44. The van der Waals surface area contributed by atoms with Gasteiger partial charge in [0.25, 0.3) is 5.91 Å². The third kappa shape index (κ3) is 8.08. The van der Waals surface area contributed by atoms with E-state index >= 15 is 0 Å². The molecule has 5 nitrogen and oxygen atoms in total. The molecule has 0 aliphatic carbocycles. The number of nitrogens with one attached hydrogen (secondary N) is 2. The molecule has 0 fully saturated rings. The number of rotatable bonds is 11. The number of aromatic nitrogens is 1. The fourth-order valence-electron chi connectivity index (χ4n) is 2.73. The average molecular weight is 444 g/mol. The molecule has 0 atom stereocenters. The molecule has 160 valence electrons. The third-order valence-corrected chi connectivity index (χ3v) is 5.43. The average Bonchev–Trinajstić information content (AvgIpc) is 3.09. The number of benzene rings is 1. The van der Waals surface area contributed by atoms with Crippen molar-refractivity contribution in [1.29, 1.82) is 0 Å². The first-order chi connectivity index (χ1) is 14.5. The third-order valence-electron chi connectivity index (χ3n) is 4.30. The van der Waals surface area contributed by atoms with E-state index in [1.165, 1.54) is 43.4 Å². The lowest BCUT2D eigenvalue weighted by atomic mass is 10.1. The van der Waals surface area contributed by atoms with Crippen molar-refractivity contribution in [2.24, 2.45) is 0 Å². The summed E-state index contributed by atoms with van der Waals surface area (Å²) < 4.78 is 6.48. The predicted octanol–water partition coefficient (Wildman–Crippen LogP) is 4.39. The maximum Gasteiger partial charge on any atom is 0.286 e. The summed E-state index contributed by atoms with van der Waals surface area (Å²) in [7, 11) is 0. The number of ether oxygens (including phenoxy) is 1. The van der Waals surface area contributed by atoms with Gasteiger partial charge in [0, 0.05) is 10.2 Å². The number of nitrogens with zero attached hydrogens (tertiary/aromatic N) is 1. The molecule has 7 heteroatoms. The van der Waals surface area contributed by atoms with E-state index < -0.39 is 0 Å². The monoisotopic (exact) mass is 443 g/mol. The number of unbranched alkanes of at least 4 members (excludes halogenated alkanes) is 5. The Morgan fingerprint density at radius 3 is 2.60 bits per heavy atom. The number of anilines is 1. The number of thiocarbonyl (C=S) groups is 1. The number of carbonyl (C=O) groups is 1.